The molecule has 2 N–H and O–H groups in total. The fourth-order valence-corrected chi connectivity index (χ4v) is 4.22. The molecule has 21 heavy (non-hydrogen) atoms. The highest BCUT2D eigenvalue weighted by molar-refractivity contribution is 7.80. The van der Waals surface area contributed by atoms with Crippen LogP contribution in [0.5, 0.6) is 0 Å². The van der Waals surface area contributed by atoms with Crippen molar-refractivity contribution in [3.05, 3.63) is 0 Å². The molecule has 0 aromatic carbocycles. The van der Waals surface area contributed by atoms with Gasteiger partial charge in [-0.25, -0.2) is 0 Å². The van der Waals surface area contributed by atoms with Gasteiger partial charge in [-0.1, -0.05) is 6.92 Å². The molecule has 5 heteroatoms. The minimum atomic E-state index is 0.290. The average Bonchev–Trinajstić information content (AvgIpc) is 3.28. The Morgan fingerprint density at radius 1 is 1.19 bits per heavy atom. The van der Waals surface area contributed by atoms with Gasteiger partial charge >= 0.3 is 0 Å². The van der Waals surface area contributed by atoms with Crippen molar-refractivity contribution < 1.29 is 4.79 Å². The summed E-state index contributed by atoms with van der Waals surface area (Å²) in [7, 11) is 0. The molecule has 3 fully saturated rings. The summed E-state index contributed by atoms with van der Waals surface area (Å²) in [5, 5.41) is 7.60. The summed E-state index contributed by atoms with van der Waals surface area (Å²) >= 11 is 5.60. The third-order valence-corrected chi connectivity index (χ3v) is 5.39. The number of carbonyl (C=O) groups excluding carboxylic acids is 1. The van der Waals surface area contributed by atoms with Crippen molar-refractivity contribution in [2.45, 2.75) is 76.4 Å². The number of piperidine rings is 2. The molecule has 2 saturated heterocycles. The molecule has 118 valence electrons. The molecule has 0 radical (unpaired) electrons. The zero-order valence-electron chi connectivity index (χ0n) is 12.9. The summed E-state index contributed by atoms with van der Waals surface area (Å²) in [6.45, 7) is 3.12. The van der Waals surface area contributed by atoms with Crippen molar-refractivity contribution in [1.29, 1.82) is 0 Å². The number of hydrogen-bond donors (Lipinski definition) is 2. The number of amides is 1. The van der Waals surface area contributed by atoms with Crippen LogP contribution >= 0.6 is 12.2 Å². The van der Waals surface area contributed by atoms with E-state index in [1.54, 1.807) is 0 Å². The Bertz CT molecular complexity index is 396. The second kappa shape index (κ2) is 6.51. The van der Waals surface area contributed by atoms with Gasteiger partial charge in [0.05, 0.1) is 0 Å². The summed E-state index contributed by atoms with van der Waals surface area (Å²) in [5.74, 6) is 0.605. The van der Waals surface area contributed by atoms with Gasteiger partial charge in [0.25, 0.3) is 0 Å². The number of nitrogens with one attached hydrogen (secondary N) is 2. The third-order valence-electron chi connectivity index (χ3n) is 5.03. The first-order valence-electron chi connectivity index (χ1n) is 8.55. The van der Waals surface area contributed by atoms with Crippen molar-refractivity contribution >= 4 is 23.2 Å². The lowest BCUT2D eigenvalue weighted by Gasteiger charge is -2.50. The molecule has 3 aliphatic rings. The fraction of sp³-hybridized carbons (Fsp3) is 0.875. The van der Waals surface area contributed by atoms with E-state index < -0.39 is 0 Å². The monoisotopic (exact) mass is 309 g/mol. The summed E-state index contributed by atoms with van der Waals surface area (Å²) in [6.07, 6.45) is 9.10. The van der Waals surface area contributed by atoms with Gasteiger partial charge in [0, 0.05) is 30.6 Å². The molecule has 2 heterocycles. The Hall–Kier alpha value is -0.840. The predicted molar refractivity (Wildman–Crippen MR) is 88.0 cm³/mol. The first kappa shape index (κ1) is 15.1. The Labute approximate surface area is 133 Å². The van der Waals surface area contributed by atoms with Crippen molar-refractivity contribution in [3.63, 3.8) is 0 Å². The predicted octanol–water partition coefficient (Wildman–Crippen LogP) is 2.18. The van der Waals surface area contributed by atoms with E-state index >= 15 is 0 Å². The Balaban J connectivity index is 1.59. The number of fused-ring (bicyclic) bond motifs is 2. The van der Waals surface area contributed by atoms with Crippen molar-refractivity contribution in [2.75, 3.05) is 6.54 Å². The lowest BCUT2D eigenvalue weighted by Crippen LogP contribution is -2.60. The van der Waals surface area contributed by atoms with Crippen LogP contribution in [0.25, 0.3) is 0 Å². The van der Waals surface area contributed by atoms with E-state index in [9.17, 15) is 4.79 Å². The van der Waals surface area contributed by atoms with Gasteiger partial charge in [0.15, 0.2) is 5.11 Å². The van der Waals surface area contributed by atoms with Crippen molar-refractivity contribution in [2.24, 2.45) is 5.92 Å². The highest BCUT2D eigenvalue weighted by atomic mass is 32.1. The Morgan fingerprint density at radius 2 is 1.86 bits per heavy atom. The number of nitrogens with zero attached hydrogens (tertiary/aromatic N) is 1. The van der Waals surface area contributed by atoms with Crippen LogP contribution in [0.2, 0.25) is 0 Å². The molecule has 0 spiro atoms. The maximum Gasteiger partial charge on any atom is 0.223 e. The fourth-order valence-electron chi connectivity index (χ4n) is 3.82. The SMILES string of the molecule is CCCNC(=S)N1[C@@H]2CCC[C@H]1CC(NC(=O)C1CC1)C2. The van der Waals surface area contributed by atoms with Crippen molar-refractivity contribution in [3.8, 4) is 0 Å². The minimum absolute atomic E-state index is 0.290. The van der Waals surface area contributed by atoms with E-state index in [0.29, 0.717) is 30.0 Å². The Morgan fingerprint density at radius 3 is 2.43 bits per heavy atom. The van der Waals surface area contributed by atoms with Gasteiger partial charge in [-0.15, -0.1) is 0 Å². The van der Waals surface area contributed by atoms with Crippen LogP contribution in [0.3, 0.4) is 0 Å². The lowest BCUT2D eigenvalue weighted by molar-refractivity contribution is -0.123. The molecule has 1 amide bonds. The second-order valence-corrected chi connectivity index (χ2v) is 7.22. The zero-order chi connectivity index (χ0) is 14.8. The second-order valence-electron chi connectivity index (χ2n) is 6.83. The normalized spacial score (nSPS) is 31.7. The van der Waals surface area contributed by atoms with E-state index in [0.717, 1.165) is 43.8 Å². The molecule has 3 atom stereocenters. The molecule has 1 saturated carbocycles. The van der Waals surface area contributed by atoms with Crippen LogP contribution in [0, 0.1) is 5.92 Å². The van der Waals surface area contributed by atoms with E-state index in [-0.39, 0.29) is 0 Å². The van der Waals surface area contributed by atoms with Crippen LogP contribution in [0.4, 0.5) is 0 Å². The minimum Gasteiger partial charge on any atom is -0.363 e. The van der Waals surface area contributed by atoms with Crippen LogP contribution in [-0.4, -0.2) is 40.6 Å². The number of rotatable bonds is 4. The highest BCUT2D eigenvalue weighted by Crippen LogP contribution is 2.35. The molecule has 1 unspecified atom stereocenters. The molecule has 0 aromatic rings. The molecule has 1 aliphatic carbocycles. The third kappa shape index (κ3) is 3.50. The van der Waals surface area contributed by atoms with Crippen LogP contribution in [0.15, 0.2) is 0 Å². The van der Waals surface area contributed by atoms with Gasteiger partial charge in [-0.05, 0) is 63.6 Å². The molecule has 2 bridgehead atoms. The van der Waals surface area contributed by atoms with Gasteiger partial charge in [-0.2, -0.15) is 0 Å². The summed E-state index contributed by atoms with van der Waals surface area (Å²) < 4.78 is 0. The number of carbonyl (C=O) groups is 1. The molecule has 2 aliphatic heterocycles. The smallest absolute Gasteiger partial charge is 0.223 e. The van der Waals surface area contributed by atoms with Crippen LogP contribution < -0.4 is 10.6 Å². The molecule has 0 aromatic heterocycles. The van der Waals surface area contributed by atoms with E-state index in [1.807, 2.05) is 0 Å². The van der Waals surface area contributed by atoms with Crippen molar-refractivity contribution in [1.82, 2.24) is 15.5 Å². The Kier molecular flexibility index (Phi) is 4.67. The molecular weight excluding hydrogens is 282 g/mol. The quantitative estimate of drug-likeness (QED) is 0.781. The maximum absolute atomic E-state index is 12.0. The standard InChI is InChI=1S/C16H27N3OS/c1-2-8-17-16(21)19-13-4-3-5-14(19)10-12(9-13)18-15(20)11-6-7-11/h11-14H,2-10H2,1H3,(H,17,21)(H,18,20)/t12?,13-,14+. The molecular formula is C16H27N3OS. The summed E-state index contributed by atoms with van der Waals surface area (Å²) in [6, 6.07) is 1.39. The van der Waals surface area contributed by atoms with E-state index in [1.165, 1.54) is 19.3 Å². The maximum atomic E-state index is 12.0. The van der Waals surface area contributed by atoms with Crippen LogP contribution in [-0.2, 0) is 4.79 Å². The highest BCUT2D eigenvalue weighted by Gasteiger charge is 2.41. The molecule has 4 nitrogen and oxygen atoms in total. The average molecular weight is 309 g/mol. The zero-order valence-corrected chi connectivity index (χ0v) is 13.8. The van der Waals surface area contributed by atoms with Gasteiger partial charge in [0.1, 0.15) is 0 Å². The first-order chi connectivity index (χ1) is 10.2. The summed E-state index contributed by atoms with van der Waals surface area (Å²) in [5.41, 5.74) is 0. The number of hydrogen-bond acceptors (Lipinski definition) is 2. The van der Waals surface area contributed by atoms with Gasteiger partial charge in [0.2, 0.25) is 5.91 Å². The van der Waals surface area contributed by atoms with E-state index in [4.69, 9.17) is 12.2 Å². The topological polar surface area (TPSA) is 44.4 Å². The van der Waals surface area contributed by atoms with E-state index in [2.05, 4.69) is 22.5 Å². The number of thiocarbonyl (C=S) groups is 1. The summed E-state index contributed by atoms with van der Waals surface area (Å²) in [4.78, 5) is 14.4. The van der Waals surface area contributed by atoms with Gasteiger partial charge < -0.3 is 15.5 Å². The van der Waals surface area contributed by atoms with Crippen LogP contribution in [0.1, 0.15) is 58.3 Å². The largest absolute Gasteiger partial charge is 0.363 e. The van der Waals surface area contributed by atoms with Gasteiger partial charge in [-0.3, -0.25) is 4.79 Å². The first-order valence-corrected chi connectivity index (χ1v) is 8.96. The molecule has 3 rings (SSSR count). The lowest BCUT2D eigenvalue weighted by atomic mass is 9.82.